The van der Waals surface area contributed by atoms with Crippen LogP contribution in [0.25, 0.3) is 0 Å². The molecule has 2 N–H and O–H groups in total. The van der Waals surface area contributed by atoms with Crippen LogP contribution >= 0.6 is 0 Å². The predicted octanol–water partition coefficient (Wildman–Crippen LogP) is 1.71. The number of hydrogen-bond acceptors (Lipinski definition) is 3. The van der Waals surface area contributed by atoms with Crippen LogP contribution in [0.1, 0.15) is 22.3 Å². The van der Waals surface area contributed by atoms with Crippen LogP contribution in [-0.4, -0.2) is 31.5 Å². The normalized spacial score (nSPS) is 17.6. The van der Waals surface area contributed by atoms with Gasteiger partial charge in [0, 0.05) is 13.1 Å². The molecule has 0 saturated carbocycles. The zero-order valence-corrected chi connectivity index (χ0v) is 11.5. The van der Waals surface area contributed by atoms with Crippen molar-refractivity contribution >= 4 is 0 Å². The lowest BCUT2D eigenvalue weighted by Crippen LogP contribution is -2.52. The van der Waals surface area contributed by atoms with Gasteiger partial charge in [0.1, 0.15) is 0 Å². The number of ether oxygens (including phenoxy) is 1. The number of rotatable bonds is 5. The molecule has 0 bridgehead atoms. The van der Waals surface area contributed by atoms with Gasteiger partial charge in [0.25, 0.3) is 0 Å². The van der Waals surface area contributed by atoms with Gasteiger partial charge in [-0.1, -0.05) is 12.1 Å². The van der Waals surface area contributed by atoms with E-state index in [0.29, 0.717) is 13.2 Å². The molecule has 3 heteroatoms. The Hall–Kier alpha value is -0.900. The highest BCUT2D eigenvalue weighted by Gasteiger charge is 2.37. The van der Waals surface area contributed by atoms with Gasteiger partial charge in [0.2, 0.25) is 0 Å². The molecule has 2 rings (SSSR count). The summed E-state index contributed by atoms with van der Waals surface area (Å²) in [6.45, 7) is 9.70. The second-order valence-corrected chi connectivity index (χ2v) is 5.55. The van der Waals surface area contributed by atoms with E-state index in [-0.39, 0.29) is 12.0 Å². The van der Waals surface area contributed by atoms with Crippen LogP contribution < -0.4 is 5.32 Å². The minimum atomic E-state index is -0.0480. The van der Waals surface area contributed by atoms with Crippen LogP contribution in [0.3, 0.4) is 0 Å². The molecule has 0 amide bonds. The monoisotopic (exact) mass is 249 g/mol. The number of nitrogens with one attached hydrogen (secondary N) is 1. The highest BCUT2D eigenvalue weighted by Crippen LogP contribution is 2.26. The molecule has 18 heavy (non-hydrogen) atoms. The van der Waals surface area contributed by atoms with E-state index in [4.69, 9.17) is 4.74 Å². The molecule has 0 radical (unpaired) electrons. The molecule has 0 unspecified atom stereocenters. The maximum absolute atomic E-state index is 9.35. The largest absolute Gasteiger partial charge is 0.396 e. The average molecular weight is 249 g/mol. The number of aliphatic hydroxyl groups is 1. The SMILES string of the molecule is Cc1ccc(CNCC2(CO)COC2)c(C)c1C. The van der Waals surface area contributed by atoms with E-state index < -0.39 is 0 Å². The summed E-state index contributed by atoms with van der Waals surface area (Å²) in [5, 5.41) is 12.8. The van der Waals surface area contributed by atoms with Crippen molar-refractivity contribution in [2.75, 3.05) is 26.4 Å². The predicted molar refractivity (Wildman–Crippen MR) is 72.7 cm³/mol. The standard InChI is InChI=1S/C15H23NO2/c1-11-4-5-14(13(3)12(11)2)6-16-7-15(8-17)9-18-10-15/h4-5,16-17H,6-10H2,1-3H3. The van der Waals surface area contributed by atoms with E-state index in [2.05, 4.69) is 38.2 Å². The van der Waals surface area contributed by atoms with Crippen molar-refractivity contribution in [3.05, 3.63) is 34.4 Å². The van der Waals surface area contributed by atoms with E-state index >= 15 is 0 Å². The van der Waals surface area contributed by atoms with Crippen molar-refractivity contribution < 1.29 is 9.84 Å². The van der Waals surface area contributed by atoms with Gasteiger partial charge < -0.3 is 15.2 Å². The van der Waals surface area contributed by atoms with Gasteiger partial charge in [-0.25, -0.2) is 0 Å². The van der Waals surface area contributed by atoms with Crippen LogP contribution in [0.15, 0.2) is 12.1 Å². The van der Waals surface area contributed by atoms with Crippen molar-refractivity contribution in [3.63, 3.8) is 0 Å². The maximum atomic E-state index is 9.35. The second-order valence-electron chi connectivity index (χ2n) is 5.55. The van der Waals surface area contributed by atoms with Gasteiger partial charge in [-0.3, -0.25) is 0 Å². The topological polar surface area (TPSA) is 41.5 Å². The second kappa shape index (κ2) is 5.39. The van der Waals surface area contributed by atoms with E-state index in [0.717, 1.165) is 13.1 Å². The first-order chi connectivity index (χ1) is 8.58. The third-order valence-corrected chi connectivity index (χ3v) is 4.14. The third kappa shape index (κ3) is 2.58. The van der Waals surface area contributed by atoms with Crippen molar-refractivity contribution in [3.8, 4) is 0 Å². The van der Waals surface area contributed by atoms with E-state index in [9.17, 15) is 5.11 Å². The highest BCUT2D eigenvalue weighted by atomic mass is 16.5. The minimum absolute atomic E-state index is 0.0480. The summed E-state index contributed by atoms with van der Waals surface area (Å²) in [5.74, 6) is 0. The first-order valence-corrected chi connectivity index (χ1v) is 6.53. The zero-order valence-electron chi connectivity index (χ0n) is 11.5. The Kier molecular flexibility index (Phi) is 4.05. The smallest absolute Gasteiger partial charge is 0.0579 e. The minimum Gasteiger partial charge on any atom is -0.396 e. The van der Waals surface area contributed by atoms with Gasteiger partial charge in [-0.05, 0) is 43.0 Å². The third-order valence-electron chi connectivity index (χ3n) is 4.14. The average Bonchev–Trinajstić information content (AvgIpc) is 2.32. The lowest BCUT2D eigenvalue weighted by atomic mass is 9.87. The Labute approximate surface area is 109 Å². The number of benzene rings is 1. The fraction of sp³-hybridized carbons (Fsp3) is 0.600. The van der Waals surface area contributed by atoms with Crippen LogP contribution in [-0.2, 0) is 11.3 Å². The Bertz CT molecular complexity index is 419. The van der Waals surface area contributed by atoms with Crippen LogP contribution in [0.4, 0.5) is 0 Å². The zero-order chi connectivity index (χ0) is 13.2. The van der Waals surface area contributed by atoms with Crippen molar-refractivity contribution in [2.24, 2.45) is 5.41 Å². The summed E-state index contributed by atoms with van der Waals surface area (Å²) in [6.07, 6.45) is 0. The summed E-state index contributed by atoms with van der Waals surface area (Å²) in [7, 11) is 0. The maximum Gasteiger partial charge on any atom is 0.0579 e. The lowest BCUT2D eigenvalue weighted by molar-refractivity contribution is -0.134. The molecular formula is C15H23NO2. The highest BCUT2D eigenvalue weighted by molar-refractivity contribution is 5.38. The Morgan fingerprint density at radius 3 is 2.50 bits per heavy atom. The van der Waals surface area contributed by atoms with Crippen molar-refractivity contribution in [1.29, 1.82) is 0 Å². The molecule has 1 aromatic carbocycles. The van der Waals surface area contributed by atoms with Gasteiger partial charge in [0.05, 0.1) is 25.2 Å². The Morgan fingerprint density at radius 2 is 1.94 bits per heavy atom. The Balaban J connectivity index is 1.93. The fourth-order valence-electron chi connectivity index (χ4n) is 2.31. The molecular weight excluding hydrogens is 226 g/mol. The van der Waals surface area contributed by atoms with Crippen LogP contribution in [0.5, 0.6) is 0 Å². The first kappa shape index (κ1) is 13.5. The summed E-state index contributed by atoms with van der Waals surface area (Å²) in [6, 6.07) is 4.36. The van der Waals surface area contributed by atoms with Gasteiger partial charge >= 0.3 is 0 Å². The molecule has 1 fully saturated rings. The molecule has 0 aliphatic carbocycles. The molecule has 0 spiro atoms. The molecule has 1 aliphatic rings. The molecule has 0 aromatic heterocycles. The van der Waals surface area contributed by atoms with Crippen LogP contribution in [0, 0.1) is 26.2 Å². The van der Waals surface area contributed by atoms with E-state index in [1.165, 1.54) is 22.3 Å². The van der Waals surface area contributed by atoms with E-state index in [1.807, 2.05) is 0 Å². The van der Waals surface area contributed by atoms with Gasteiger partial charge in [0.15, 0.2) is 0 Å². The quantitative estimate of drug-likeness (QED) is 0.835. The van der Waals surface area contributed by atoms with Gasteiger partial charge in [-0.2, -0.15) is 0 Å². The Morgan fingerprint density at radius 1 is 1.22 bits per heavy atom. The van der Waals surface area contributed by atoms with E-state index in [1.54, 1.807) is 0 Å². The fourth-order valence-corrected chi connectivity index (χ4v) is 2.31. The molecule has 1 aliphatic heterocycles. The molecule has 1 saturated heterocycles. The molecule has 100 valence electrons. The molecule has 0 atom stereocenters. The summed E-state index contributed by atoms with van der Waals surface area (Å²) < 4.78 is 5.19. The number of aliphatic hydroxyl groups excluding tert-OH is 1. The summed E-state index contributed by atoms with van der Waals surface area (Å²) in [4.78, 5) is 0. The first-order valence-electron chi connectivity index (χ1n) is 6.53. The lowest BCUT2D eigenvalue weighted by Gasteiger charge is -2.40. The molecule has 1 aromatic rings. The van der Waals surface area contributed by atoms with Crippen molar-refractivity contribution in [2.45, 2.75) is 27.3 Å². The van der Waals surface area contributed by atoms with Crippen molar-refractivity contribution in [1.82, 2.24) is 5.32 Å². The molecule has 1 heterocycles. The number of aryl methyl sites for hydroxylation is 1. The summed E-state index contributed by atoms with van der Waals surface area (Å²) >= 11 is 0. The van der Waals surface area contributed by atoms with Crippen LogP contribution in [0.2, 0.25) is 0 Å². The molecule has 3 nitrogen and oxygen atoms in total. The number of hydrogen-bond donors (Lipinski definition) is 2. The van der Waals surface area contributed by atoms with Gasteiger partial charge in [-0.15, -0.1) is 0 Å². The summed E-state index contributed by atoms with van der Waals surface area (Å²) in [5.41, 5.74) is 5.37.